The first-order chi connectivity index (χ1) is 7.70. The Balaban J connectivity index is 2.16. The number of nitrogen functional groups attached to an aromatic ring is 1. The van der Waals surface area contributed by atoms with Crippen molar-refractivity contribution < 1.29 is 0 Å². The van der Waals surface area contributed by atoms with Gasteiger partial charge in [0.1, 0.15) is 0 Å². The fraction of sp³-hybridized carbons (Fsp3) is 0.615. The number of nitrogens with two attached hydrogens (primary N) is 1. The van der Waals surface area contributed by atoms with E-state index in [1.54, 1.807) is 0 Å². The molecule has 1 fully saturated rings. The quantitative estimate of drug-likeness (QED) is 0.831. The van der Waals surface area contributed by atoms with Gasteiger partial charge in [0.05, 0.1) is 5.69 Å². The average molecular weight is 219 g/mol. The van der Waals surface area contributed by atoms with E-state index in [2.05, 4.69) is 16.8 Å². The summed E-state index contributed by atoms with van der Waals surface area (Å²) in [4.78, 5) is 6.81. The van der Waals surface area contributed by atoms with Crippen LogP contribution in [0.4, 0.5) is 11.5 Å². The molecule has 0 aromatic carbocycles. The molecule has 88 valence electrons. The number of rotatable bonds is 2. The zero-order valence-corrected chi connectivity index (χ0v) is 10.2. The number of anilines is 2. The van der Waals surface area contributed by atoms with E-state index in [1.165, 1.54) is 19.3 Å². The van der Waals surface area contributed by atoms with Crippen LogP contribution >= 0.6 is 0 Å². The predicted octanol–water partition coefficient (Wildman–Crippen LogP) is 2.60. The number of aromatic nitrogens is 1. The third kappa shape index (κ3) is 2.29. The van der Waals surface area contributed by atoms with Crippen molar-refractivity contribution in [2.45, 2.75) is 33.1 Å². The fourth-order valence-electron chi connectivity index (χ4n) is 2.44. The lowest BCUT2D eigenvalue weighted by atomic mass is 9.95. The second-order valence-corrected chi connectivity index (χ2v) is 4.79. The Labute approximate surface area is 97.7 Å². The maximum Gasteiger partial charge on any atom is 0.151 e. The van der Waals surface area contributed by atoms with E-state index in [0.29, 0.717) is 0 Å². The Kier molecular flexibility index (Phi) is 3.32. The van der Waals surface area contributed by atoms with Crippen molar-refractivity contribution in [2.75, 3.05) is 23.7 Å². The fourth-order valence-corrected chi connectivity index (χ4v) is 2.44. The highest BCUT2D eigenvalue weighted by Gasteiger charge is 2.20. The van der Waals surface area contributed by atoms with Crippen molar-refractivity contribution in [1.82, 2.24) is 4.98 Å². The van der Waals surface area contributed by atoms with Crippen LogP contribution in [0.25, 0.3) is 0 Å². The van der Waals surface area contributed by atoms with Gasteiger partial charge in [0, 0.05) is 19.3 Å². The van der Waals surface area contributed by atoms with Crippen LogP contribution in [0.5, 0.6) is 0 Å². The SMILES string of the molecule is CCC1CCCN(c2ncc(C)cc2N)C1. The minimum atomic E-state index is 0.802. The zero-order chi connectivity index (χ0) is 11.5. The van der Waals surface area contributed by atoms with Crippen LogP contribution in [0.3, 0.4) is 0 Å². The molecule has 1 aromatic heterocycles. The minimum Gasteiger partial charge on any atom is -0.396 e. The molecule has 0 amide bonds. The van der Waals surface area contributed by atoms with Crippen LogP contribution in [0.15, 0.2) is 12.3 Å². The van der Waals surface area contributed by atoms with E-state index in [4.69, 9.17) is 5.73 Å². The van der Waals surface area contributed by atoms with E-state index < -0.39 is 0 Å². The molecule has 1 saturated heterocycles. The van der Waals surface area contributed by atoms with Crippen LogP contribution in [0, 0.1) is 12.8 Å². The van der Waals surface area contributed by atoms with Crippen molar-refractivity contribution in [3.63, 3.8) is 0 Å². The van der Waals surface area contributed by atoms with Gasteiger partial charge in [-0.2, -0.15) is 0 Å². The van der Waals surface area contributed by atoms with Crippen molar-refractivity contribution in [2.24, 2.45) is 5.92 Å². The summed E-state index contributed by atoms with van der Waals surface area (Å²) < 4.78 is 0. The van der Waals surface area contributed by atoms with E-state index in [1.807, 2.05) is 19.2 Å². The monoisotopic (exact) mass is 219 g/mol. The van der Waals surface area contributed by atoms with Gasteiger partial charge in [-0.25, -0.2) is 4.98 Å². The summed E-state index contributed by atoms with van der Waals surface area (Å²) in [5.74, 6) is 1.78. The average Bonchev–Trinajstić information content (AvgIpc) is 2.29. The molecule has 0 bridgehead atoms. The maximum absolute atomic E-state index is 6.03. The molecule has 1 unspecified atom stereocenters. The molecule has 1 aliphatic heterocycles. The van der Waals surface area contributed by atoms with Crippen LogP contribution in [-0.4, -0.2) is 18.1 Å². The largest absolute Gasteiger partial charge is 0.396 e. The van der Waals surface area contributed by atoms with Crippen LogP contribution in [0.2, 0.25) is 0 Å². The highest BCUT2D eigenvalue weighted by atomic mass is 15.2. The molecular weight excluding hydrogens is 198 g/mol. The van der Waals surface area contributed by atoms with Gasteiger partial charge in [-0.1, -0.05) is 13.3 Å². The lowest BCUT2D eigenvalue weighted by Crippen LogP contribution is -2.36. The Morgan fingerprint density at radius 3 is 3.06 bits per heavy atom. The number of pyridine rings is 1. The van der Waals surface area contributed by atoms with Crippen LogP contribution < -0.4 is 10.6 Å². The second-order valence-electron chi connectivity index (χ2n) is 4.79. The molecule has 0 saturated carbocycles. The van der Waals surface area contributed by atoms with Crippen LogP contribution in [-0.2, 0) is 0 Å². The molecule has 1 aliphatic rings. The van der Waals surface area contributed by atoms with Crippen LogP contribution in [0.1, 0.15) is 31.7 Å². The first kappa shape index (κ1) is 11.2. The normalized spacial score (nSPS) is 21.1. The van der Waals surface area contributed by atoms with Crippen molar-refractivity contribution in [3.05, 3.63) is 17.8 Å². The Hall–Kier alpha value is -1.25. The molecule has 2 N–H and O–H groups in total. The topological polar surface area (TPSA) is 42.2 Å². The molecule has 0 aliphatic carbocycles. The summed E-state index contributed by atoms with van der Waals surface area (Å²) in [5, 5.41) is 0. The summed E-state index contributed by atoms with van der Waals surface area (Å²) in [6.07, 6.45) is 5.76. The summed E-state index contributed by atoms with van der Waals surface area (Å²) in [5.41, 5.74) is 7.98. The number of nitrogens with zero attached hydrogens (tertiary/aromatic N) is 2. The standard InChI is InChI=1S/C13H21N3/c1-3-11-5-4-6-16(9-11)13-12(14)7-10(2)8-15-13/h7-8,11H,3-6,9,14H2,1-2H3. The Morgan fingerprint density at radius 2 is 2.38 bits per heavy atom. The highest BCUT2D eigenvalue weighted by molar-refractivity contribution is 5.63. The summed E-state index contributed by atoms with van der Waals surface area (Å²) in [7, 11) is 0. The molecule has 0 radical (unpaired) electrons. The van der Waals surface area contributed by atoms with Crippen molar-refractivity contribution in [1.29, 1.82) is 0 Å². The smallest absolute Gasteiger partial charge is 0.151 e. The lowest BCUT2D eigenvalue weighted by molar-refractivity contribution is 0.403. The third-order valence-electron chi connectivity index (χ3n) is 3.43. The minimum absolute atomic E-state index is 0.802. The Morgan fingerprint density at radius 1 is 1.56 bits per heavy atom. The maximum atomic E-state index is 6.03. The Bertz CT molecular complexity index is 362. The second kappa shape index (κ2) is 4.73. The molecule has 1 atom stereocenters. The van der Waals surface area contributed by atoms with Crippen molar-refractivity contribution in [3.8, 4) is 0 Å². The summed E-state index contributed by atoms with van der Waals surface area (Å²) in [6, 6.07) is 2.01. The molecule has 1 aromatic rings. The van der Waals surface area contributed by atoms with E-state index >= 15 is 0 Å². The molecule has 16 heavy (non-hydrogen) atoms. The predicted molar refractivity (Wildman–Crippen MR) is 68.6 cm³/mol. The first-order valence-corrected chi connectivity index (χ1v) is 6.17. The van der Waals surface area contributed by atoms with E-state index in [-0.39, 0.29) is 0 Å². The van der Waals surface area contributed by atoms with Gasteiger partial charge < -0.3 is 10.6 Å². The molecule has 2 rings (SSSR count). The lowest BCUT2D eigenvalue weighted by Gasteiger charge is -2.33. The molecule has 3 nitrogen and oxygen atoms in total. The van der Waals surface area contributed by atoms with Gasteiger partial charge >= 0.3 is 0 Å². The molecule has 2 heterocycles. The molecule has 0 spiro atoms. The van der Waals surface area contributed by atoms with Gasteiger partial charge in [0.2, 0.25) is 0 Å². The van der Waals surface area contributed by atoms with Crippen molar-refractivity contribution >= 4 is 11.5 Å². The summed E-state index contributed by atoms with van der Waals surface area (Å²) >= 11 is 0. The zero-order valence-electron chi connectivity index (χ0n) is 10.2. The highest BCUT2D eigenvalue weighted by Crippen LogP contribution is 2.27. The number of hydrogen-bond acceptors (Lipinski definition) is 3. The number of piperidine rings is 1. The van der Waals surface area contributed by atoms with Gasteiger partial charge in [-0.15, -0.1) is 0 Å². The molecular formula is C13H21N3. The summed E-state index contributed by atoms with van der Waals surface area (Å²) in [6.45, 7) is 6.49. The van der Waals surface area contributed by atoms with E-state index in [9.17, 15) is 0 Å². The van der Waals surface area contributed by atoms with Gasteiger partial charge in [0.15, 0.2) is 5.82 Å². The molecule has 3 heteroatoms. The van der Waals surface area contributed by atoms with Gasteiger partial charge in [-0.05, 0) is 37.3 Å². The number of hydrogen-bond donors (Lipinski definition) is 1. The van der Waals surface area contributed by atoms with E-state index in [0.717, 1.165) is 36.1 Å². The first-order valence-electron chi connectivity index (χ1n) is 6.17. The number of aryl methyl sites for hydroxylation is 1. The van der Waals surface area contributed by atoms with Gasteiger partial charge in [-0.3, -0.25) is 0 Å². The van der Waals surface area contributed by atoms with Gasteiger partial charge in [0.25, 0.3) is 0 Å². The third-order valence-corrected chi connectivity index (χ3v) is 3.43.